The molecule has 3 aromatic rings. The maximum absolute atomic E-state index is 13.2. The Morgan fingerprint density at radius 2 is 1.89 bits per heavy atom. The number of ether oxygens (including phenoxy) is 2. The van der Waals surface area contributed by atoms with Crippen LogP contribution in [-0.4, -0.2) is 16.8 Å². The molecule has 4 nitrogen and oxygen atoms in total. The monoisotopic (exact) mass is 655 g/mol. The minimum atomic E-state index is -0.139. The van der Waals surface area contributed by atoms with Gasteiger partial charge in [-0.05, 0) is 84.0 Å². The highest BCUT2D eigenvalue weighted by atomic mass is 127. The third-order valence-corrected chi connectivity index (χ3v) is 7.86. The maximum atomic E-state index is 13.2. The highest BCUT2D eigenvalue weighted by molar-refractivity contribution is 14.1. The first-order valence-corrected chi connectivity index (χ1v) is 13.7. The molecule has 9 heteroatoms. The Hall–Kier alpha value is -1.78. The Morgan fingerprint density at radius 1 is 1.11 bits per heavy atom. The SMILES string of the molecule is CCOc1cc(/C=C2/SC(=S)N(c3ccccc3C)C2=O)cc(I)c1OCc1ccc(Cl)cc1Cl. The number of halogens is 3. The zero-order valence-corrected chi connectivity index (χ0v) is 24.1. The first-order valence-electron chi connectivity index (χ1n) is 10.6. The summed E-state index contributed by atoms with van der Waals surface area (Å²) < 4.78 is 13.3. The molecule has 0 radical (unpaired) electrons. The number of aryl methyl sites for hydroxylation is 1. The standard InChI is InChI=1S/C26H20Cl2INO3S2/c1-3-32-22-11-16(10-20(29)24(22)33-14-17-8-9-18(27)13-19(17)28)12-23-25(31)30(26(34)35-23)21-7-5-4-6-15(21)2/h4-13H,3,14H2,1-2H3/b23-12+. The van der Waals surface area contributed by atoms with Gasteiger partial charge in [-0.3, -0.25) is 9.69 Å². The van der Waals surface area contributed by atoms with E-state index >= 15 is 0 Å². The van der Waals surface area contributed by atoms with Gasteiger partial charge >= 0.3 is 0 Å². The van der Waals surface area contributed by atoms with Crippen LogP contribution in [0.25, 0.3) is 6.08 Å². The number of anilines is 1. The minimum absolute atomic E-state index is 0.139. The lowest BCUT2D eigenvalue weighted by atomic mass is 10.1. The van der Waals surface area contributed by atoms with Crippen molar-refractivity contribution in [3.63, 3.8) is 0 Å². The summed E-state index contributed by atoms with van der Waals surface area (Å²) in [6.07, 6.45) is 1.84. The molecule has 1 aliphatic rings. The number of hydrogen-bond donors (Lipinski definition) is 0. The van der Waals surface area contributed by atoms with Crippen LogP contribution >= 0.6 is 69.8 Å². The quantitative estimate of drug-likeness (QED) is 0.146. The Bertz CT molecular complexity index is 1350. The second-order valence-electron chi connectivity index (χ2n) is 7.59. The van der Waals surface area contributed by atoms with Crippen molar-refractivity contribution < 1.29 is 14.3 Å². The van der Waals surface area contributed by atoms with Crippen molar-refractivity contribution in [2.24, 2.45) is 0 Å². The average Bonchev–Trinajstić information content (AvgIpc) is 3.07. The third kappa shape index (κ3) is 5.97. The van der Waals surface area contributed by atoms with Crippen LogP contribution in [-0.2, 0) is 11.4 Å². The fourth-order valence-corrected chi connectivity index (χ4v) is 6.03. The van der Waals surface area contributed by atoms with E-state index in [1.165, 1.54) is 11.8 Å². The summed E-state index contributed by atoms with van der Waals surface area (Å²) in [5.41, 5.74) is 3.42. The first kappa shape index (κ1) is 26.3. The molecule has 0 atom stereocenters. The summed E-state index contributed by atoms with van der Waals surface area (Å²) in [5, 5.41) is 1.11. The second-order valence-corrected chi connectivity index (χ2v) is 11.3. The molecule has 0 N–H and O–H groups in total. The summed E-state index contributed by atoms with van der Waals surface area (Å²) in [6, 6.07) is 16.8. The van der Waals surface area contributed by atoms with Crippen LogP contribution in [0, 0.1) is 10.5 Å². The van der Waals surface area contributed by atoms with Crippen LogP contribution in [0.1, 0.15) is 23.6 Å². The van der Waals surface area contributed by atoms with Crippen LogP contribution in [0.3, 0.4) is 0 Å². The number of para-hydroxylation sites is 1. The Morgan fingerprint density at radius 3 is 2.60 bits per heavy atom. The van der Waals surface area contributed by atoms with E-state index in [1.54, 1.807) is 17.0 Å². The van der Waals surface area contributed by atoms with Crippen LogP contribution in [0.4, 0.5) is 5.69 Å². The molecular weight excluding hydrogens is 636 g/mol. The van der Waals surface area contributed by atoms with E-state index in [2.05, 4.69) is 22.6 Å². The Labute approximate surface area is 237 Å². The zero-order chi connectivity index (χ0) is 25.1. The van der Waals surface area contributed by atoms with E-state index in [4.69, 9.17) is 44.9 Å². The van der Waals surface area contributed by atoms with E-state index in [0.29, 0.717) is 37.4 Å². The number of benzene rings is 3. The fourth-order valence-electron chi connectivity index (χ4n) is 3.50. The molecule has 1 saturated heterocycles. The average molecular weight is 656 g/mol. The van der Waals surface area contributed by atoms with Crippen LogP contribution < -0.4 is 14.4 Å². The number of thioether (sulfide) groups is 1. The molecule has 0 bridgehead atoms. The van der Waals surface area contributed by atoms with Crippen molar-refractivity contribution in [2.45, 2.75) is 20.5 Å². The van der Waals surface area contributed by atoms with Gasteiger partial charge in [-0.2, -0.15) is 0 Å². The number of amides is 1. The molecule has 35 heavy (non-hydrogen) atoms. The molecule has 0 aromatic heterocycles. The van der Waals surface area contributed by atoms with Crippen LogP contribution in [0.15, 0.2) is 59.5 Å². The number of rotatable bonds is 7. The number of nitrogens with zero attached hydrogens (tertiary/aromatic N) is 1. The lowest BCUT2D eigenvalue weighted by molar-refractivity contribution is -0.113. The van der Waals surface area contributed by atoms with Gasteiger partial charge in [0.15, 0.2) is 15.8 Å². The zero-order valence-electron chi connectivity index (χ0n) is 18.8. The van der Waals surface area contributed by atoms with Gasteiger partial charge in [0, 0.05) is 15.6 Å². The number of thiocarbonyl (C=S) groups is 1. The number of hydrogen-bond acceptors (Lipinski definition) is 5. The molecule has 1 amide bonds. The van der Waals surface area contributed by atoms with E-state index in [1.807, 2.05) is 62.4 Å². The smallest absolute Gasteiger partial charge is 0.270 e. The highest BCUT2D eigenvalue weighted by Crippen LogP contribution is 2.40. The molecule has 0 aliphatic carbocycles. The lowest BCUT2D eigenvalue weighted by Gasteiger charge is -2.17. The molecule has 1 aliphatic heterocycles. The van der Waals surface area contributed by atoms with Crippen molar-refractivity contribution in [1.82, 2.24) is 0 Å². The molecule has 4 rings (SSSR count). The first-order chi connectivity index (χ1) is 16.8. The van der Waals surface area contributed by atoms with Gasteiger partial charge < -0.3 is 9.47 Å². The van der Waals surface area contributed by atoms with E-state index in [-0.39, 0.29) is 12.5 Å². The van der Waals surface area contributed by atoms with Crippen LogP contribution in [0.5, 0.6) is 11.5 Å². The van der Waals surface area contributed by atoms with Gasteiger partial charge in [0.05, 0.1) is 20.8 Å². The Kier molecular flexibility index (Phi) is 8.65. The molecule has 0 spiro atoms. The molecule has 1 fully saturated rings. The van der Waals surface area contributed by atoms with E-state index in [0.717, 1.165) is 25.9 Å². The van der Waals surface area contributed by atoms with Gasteiger partial charge in [-0.1, -0.05) is 71.4 Å². The predicted octanol–water partition coefficient (Wildman–Crippen LogP) is 8.29. The summed E-state index contributed by atoms with van der Waals surface area (Å²) in [6.45, 7) is 4.60. The van der Waals surface area contributed by atoms with Crippen molar-refractivity contribution in [3.8, 4) is 11.5 Å². The minimum Gasteiger partial charge on any atom is -0.490 e. The summed E-state index contributed by atoms with van der Waals surface area (Å²) in [5.74, 6) is 1.06. The number of carbonyl (C=O) groups excluding carboxylic acids is 1. The topological polar surface area (TPSA) is 38.8 Å². The maximum Gasteiger partial charge on any atom is 0.270 e. The van der Waals surface area contributed by atoms with E-state index < -0.39 is 0 Å². The summed E-state index contributed by atoms with van der Waals surface area (Å²) >= 11 is 21.3. The number of carbonyl (C=O) groups is 1. The second kappa shape index (κ2) is 11.5. The Balaban J connectivity index is 1.61. The predicted molar refractivity (Wildman–Crippen MR) is 158 cm³/mol. The lowest BCUT2D eigenvalue weighted by Crippen LogP contribution is -2.28. The normalized spacial score (nSPS) is 14.7. The molecule has 3 aromatic carbocycles. The fraction of sp³-hybridized carbons (Fsp3) is 0.154. The molecule has 1 heterocycles. The van der Waals surface area contributed by atoms with Gasteiger partial charge in [0.25, 0.3) is 5.91 Å². The van der Waals surface area contributed by atoms with Gasteiger partial charge in [0.2, 0.25) is 0 Å². The highest BCUT2D eigenvalue weighted by Gasteiger charge is 2.34. The largest absolute Gasteiger partial charge is 0.490 e. The van der Waals surface area contributed by atoms with Gasteiger partial charge in [-0.25, -0.2) is 0 Å². The van der Waals surface area contributed by atoms with Crippen molar-refractivity contribution >= 4 is 91.8 Å². The third-order valence-electron chi connectivity index (χ3n) is 5.17. The van der Waals surface area contributed by atoms with Crippen molar-refractivity contribution in [3.05, 3.63) is 89.8 Å². The molecule has 0 unspecified atom stereocenters. The van der Waals surface area contributed by atoms with Gasteiger partial charge in [0.1, 0.15) is 6.61 Å². The molecule has 0 saturated carbocycles. The summed E-state index contributed by atoms with van der Waals surface area (Å²) in [4.78, 5) is 15.4. The van der Waals surface area contributed by atoms with Crippen molar-refractivity contribution in [2.75, 3.05) is 11.5 Å². The van der Waals surface area contributed by atoms with Crippen LogP contribution in [0.2, 0.25) is 10.0 Å². The molecular formula is C26H20Cl2INO3S2. The summed E-state index contributed by atoms with van der Waals surface area (Å²) in [7, 11) is 0. The van der Waals surface area contributed by atoms with Crippen molar-refractivity contribution in [1.29, 1.82) is 0 Å². The van der Waals surface area contributed by atoms with E-state index in [9.17, 15) is 4.79 Å². The van der Waals surface area contributed by atoms with Gasteiger partial charge in [-0.15, -0.1) is 0 Å². The molecule has 180 valence electrons.